The maximum Gasteiger partial charge on any atom is 0.255 e. The Labute approximate surface area is 167 Å². The van der Waals surface area contributed by atoms with Crippen LogP contribution in [0.2, 0.25) is 0 Å². The minimum absolute atomic E-state index is 0.204. The molecular formula is C21H18N6O2. The van der Waals surface area contributed by atoms with Gasteiger partial charge in [0.15, 0.2) is 5.82 Å². The van der Waals surface area contributed by atoms with Crippen LogP contribution in [0, 0.1) is 0 Å². The normalized spacial score (nSPS) is 10.4. The van der Waals surface area contributed by atoms with Crippen LogP contribution >= 0.6 is 0 Å². The van der Waals surface area contributed by atoms with E-state index in [2.05, 4.69) is 25.7 Å². The zero-order valence-electron chi connectivity index (χ0n) is 15.6. The molecule has 0 aliphatic rings. The van der Waals surface area contributed by atoms with E-state index in [1.54, 1.807) is 48.3 Å². The van der Waals surface area contributed by atoms with E-state index >= 15 is 0 Å². The van der Waals surface area contributed by atoms with Gasteiger partial charge < -0.3 is 15.4 Å². The van der Waals surface area contributed by atoms with Crippen LogP contribution in [0.4, 0.5) is 17.2 Å². The molecule has 2 N–H and O–H groups in total. The summed E-state index contributed by atoms with van der Waals surface area (Å²) in [6, 6.07) is 18.0. The van der Waals surface area contributed by atoms with Crippen molar-refractivity contribution in [3.63, 3.8) is 0 Å². The Bertz CT molecular complexity index is 1110. The number of benzene rings is 2. The molecule has 0 fully saturated rings. The summed E-state index contributed by atoms with van der Waals surface area (Å²) < 4.78 is 6.81. The number of aromatic nitrogens is 4. The van der Waals surface area contributed by atoms with Crippen LogP contribution in [0.25, 0.3) is 5.82 Å². The molecular weight excluding hydrogens is 368 g/mol. The van der Waals surface area contributed by atoms with Crippen LogP contribution in [-0.4, -0.2) is 32.8 Å². The highest BCUT2D eigenvalue weighted by atomic mass is 16.5. The second kappa shape index (κ2) is 8.22. The van der Waals surface area contributed by atoms with Crippen LogP contribution in [-0.2, 0) is 0 Å². The van der Waals surface area contributed by atoms with Gasteiger partial charge in [0, 0.05) is 35.4 Å². The Morgan fingerprint density at radius 1 is 1.00 bits per heavy atom. The molecule has 0 atom stereocenters. The minimum Gasteiger partial charge on any atom is -0.497 e. The molecule has 0 bridgehead atoms. The average Bonchev–Trinajstić information content (AvgIpc) is 3.30. The van der Waals surface area contributed by atoms with Gasteiger partial charge in [-0.15, -0.1) is 0 Å². The number of nitrogens with zero attached hydrogens (tertiary/aromatic N) is 4. The first-order chi connectivity index (χ1) is 14.2. The lowest BCUT2D eigenvalue weighted by molar-refractivity contribution is 0.102. The van der Waals surface area contributed by atoms with Crippen molar-refractivity contribution in [3.8, 4) is 11.6 Å². The van der Waals surface area contributed by atoms with Gasteiger partial charge in [0.1, 0.15) is 17.9 Å². The third-order valence-electron chi connectivity index (χ3n) is 4.14. The number of rotatable bonds is 6. The fourth-order valence-electron chi connectivity index (χ4n) is 2.70. The lowest BCUT2D eigenvalue weighted by atomic mass is 10.2. The molecule has 1 amide bonds. The number of hydrogen-bond donors (Lipinski definition) is 2. The van der Waals surface area contributed by atoms with Crippen LogP contribution in [0.5, 0.6) is 5.75 Å². The monoisotopic (exact) mass is 386 g/mol. The van der Waals surface area contributed by atoms with Crippen molar-refractivity contribution in [1.29, 1.82) is 0 Å². The summed E-state index contributed by atoms with van der Waals surface area (Å²) >= 11 is 0. The molecule has 144 valence electrons. The lowest BCUT2D eigenvalue weighted by Crippen LogP contribution is -2.11. The van der Waals surface area contributed by atoms with E-state index in [9.17, 15) is 4.79 Å². The number of carbonyl (C=O) groups is 1. The second-order valence-electron chi connectivity index (χ2n) is 6.10. The van der Waals surface area contributed by atoms with Gasteiger partial charge in [-0.1, -0.05) is 6.07 Å². The van der Waals surface area contributed by atoms with Gasteiger partial charge in [-0.3, -0.25) is 4.79 Å². The van der Waals surface area contributed by atoms with E-state index in [4.69, 9.17) is 4.74 Å². The van der Waals surface area contributed by atoms with Crippen molar-refractivity contribution in [1.82, 2.24) is 19.7 Å². The van der Waals surface area contributed by atoms with Gasteiger partial charge in [-0.25, -0.2) is 14.6 Å². The van der Waals surface area contributed by atoms with Crippen molar-refractivity contribution in [2.45, 2.75) is 0 Å². The predicted molar refractivity (Wildman–Crippen MR) is 110 cm³/mol. The molecule has 0 aliphatic carbocycles. The van der Waals surface area contributed by atoms with Crippen LogP contribution in [0.1, 0.15) is 10.4 Å². The quantitative estimate of drug-likeness (QED) is 0.525. The van der Waals surface area contributed by atoms with Crippen LogP contribution in [0.3, 0.4) is 0 Å². The number of methoxy groups -OCH3 is 1. The molecule has 4 rings (SSSR count). The van der Waals surface area contributed by atoms with Crippen molar-refractivity contribution >= 4 is 23.1 Å². The first kappa shape index (κ1) is 18.2. The molecule has 0 saturated carbocycles. The highest BCUT2D eigenvalue weighted by Gasteiger charge is 2.07. The summed E-state index contributed by atoms with van der Waals surface area (Å²) in [5.74, 6) is 1.73. The van der Waals surface area contributed by atoms with Crippen molar-refractivity contribution in [2.75, 3.05) is 17.7 Å². The van der Waals surface area contributed by atoms with Gasteiger partial charge in [0.05, 0.1) is 7.11 Å². The molecule has 2 heterocycles. The fourth-order valence-corrected chi connectivity index (χ4v) is 2.70. The SMILES string of the molecule is COc1cccc(C(=O)Nc2ccc(Nc3cc(-n4cccn4)ncn3)cc2)c1. The zero-order valence-corrected chi connectivity index (χ0v) is 15.6. The van der Waals surface area contributed by atoms with E-state index in [0.717, 1.165) is 5.69 Å². The largest absolute Gasteiger partial charge is 0.497 e. The number of anilines is 3. The summed E-state index contributed by atoms with van der Waals surface area (Å²) in [6.45, 7) is 0. The maximum absolute atomic E-state index is 12.4. The third-order valence-corrected chi connectivity index (χ3v) is 4.14. The molecule has 0 radical (unpaired) electrons. The van der Waals surface area contributed by atoms with E-state index in [1.807, 2.05) is 36.5 Å². The van der Waals surface area contributed by atoms with Gasteiger partial charge in [-0.05, 0) is 48.5 Å². The number of carbonyl (C=O) groups excluding carboxylic acids is 1. The van der Waals surface area contributed by atoms with Gasteiger partial charge >= 0.3 is 0 Å². The van der Waals surface area contributed by atoms with E-state index in [1.165, 1.54) is 6.33 Å². The maximum atomic E-state index is 12.4. The summed E-state index contributed by atoms with van der Waals surface area (Å²) in [5.41, 5.74) is 2.04. The smallest absolute Gasteiger partial charge is 0.255 e. The molecule has 8 heteroatoms. The Kier molecular flexibility index (Phi) is 5.15. The summed E-state index contributed by atoms with van der Waals surface area (Å²) in [5, 5.41) is 10.2. The van der Waals surface area contributed by atoms with Gasteiger partial charge in [-0.2, -0.15) is 5.10 Å². The zero-order chi connectivity index (χ0) is 20.1. The second-order valence-corrected chi connectivity index (χ2v) is 6.10. The highest BCUT2D eigenvalue weighted by molar-refractivity contribution is 6.04. The van der Waals surface area contributed by atoms with Crippen LogP contribution < -0.4 is 15.4 Å². The average molecular weight is 386 g/mol. The molecule has 0 spiro atoms. The first-order valence-electron chi connectivity index (χ1n) is 8.86. The first-order valence-corrected chi connectivity index (χ1v) is 8.86. The number of hydrogen-bond acceptors (Lipinski definition) is 6. The molecule has 8 nitrogen and oxygen atoms in total. The number of amides is 1. The molecule has 2 aromatic heterocycles. The highest BCUT2D eigenvalue weighted by Crippen LogP contribution is 2.20. The van der Waals surface area contributed by atoms with Gasteiger partial charge in [0.2, 0.25) is 0 Å². The van der Waals surface area contributed by atoms with Crippen molar-refractivity contribution < 1.29 is 9.53 Å². The van der Waals surface area contributed by atoms with Crippen molar-refractivity contribution in [2.24, 2.45) is 0 Å². The summed E-state index contributed by atoms with van der Waals surface area (Å²) in [6.07, 6.45) is 4.97. The van der Waals surface area contributed by atoms with Crippen LogP contribution in [0.15, 0.2) is 79.4 Å². The summed E-state index contributed by atoms with van der Waals surface area (Å²) in [4.78, 5) is 20.8. The Morgan fingerprint density at radius 2 is 1.83 bits per heavy atom. The number of ether oxygens (including phenoxy) is 1. The molecule has 29 heavy (non-hydrogen) atoms. The minimum atomic E-state index is -0.204. The van der Waals surface area contributed by atoms with E-state index < -0.39 is 0 Å². The molecule has 2 aromatic carbocycles. The number of nitrogens with one attached hydrogen (secondary N) is 2. The Hall–Kier alpha value is -4.20. The van der Waals surface area contributed by atoms with Gasteiger partial charge in [0.25, 0.3) is 5.91 Å². The van der Waals surface area contributed by atoms with E-state index in [0.29, 0.717) is 28.6 Å². The summed E-state index contributed by atoms with van der Waals surface area (Å²) in [7, 11) is 1.57. The Balaban J connectivity index is 1.43. The molecule has 0 saturated heterocycles. The standard InChI is InChI=1S/C21H18N6O2/c1-29-18-5-2-4-15(12-18)21(28)26-17-8-6-16(7-9-17)25-19-13-20(23-14-22-19)27-11-3-10-24-27/h2-14H,1H3,(H,26,28)(H,22,23,25). The topological polar surface area (TPSA) is 94.0 Å². The molecule has 0 unspecified atom stereocenters. The molecule has 4 aromatic rings. The molecule has 0 aliphatic heterocycles. The third kappa shape index (κ3) is 4.38. The fraction of sp³-hybridized carbons (Fsp3) is 0.0476. The predicted octanol–water partition coefficient (Wildman–Crippen LogP) is 3.67. The Morgan fingerprint density at radius 3 is 2.59 bits per heavy atom. The van der Waals surface area contributed by atoms with E-state index in [-0.39, 0.29) is 5.91 Å². The van der Waals surface area contributed by atoms with Crippen molar-refractivity contribution in [3.05, 3.63) is 84.9 Å². The lowest BCUT2D eigenvalue weighted by Gasteiger charge is -2.09.